The van der Waals surface area contributed by atoms with Crippen molar-refractivity contribution in [2.24, 2.45) is 5.41 Å². The van der Waals surface area contributed by atoms with Crippen LogP contribution in [0, 0.1) is 22.6 Å². The third-order valence-electron chi connectivity index (χ3n) is 6.24. The fourth-order valence-corrected chi connectivity index (χ4v) is 4.34. The van der Waals surface area contributed by atoms with E-state index in [1.807, 2.05) is 35.8 Å². The molecule has 9 heteroatoms. The monoisotopic (exact) mass is 451 g/mol. The molecule has 0 bridgehead atoms. The number of benzene rings is 1. The van der Waals surface area contributed by atoms with Crippen LogP contribution >= 0.6 is 0 Å². The van der Waals surface area contributed by atoms with Crippen LogP contribution in [-0.2, 0) is 6.54 Å². The van der Waals surface area contributed by atoms with Crippen molar-refractivity contribution in [2.75, 3.05) is 25.1 Å². The minimum Gasteiger partial charge on any atom is -0.396 e. The quantitative estimate of drug-likeness (QED) is 0.702. The molecular weight excluding hydrogens is 425 g/mol. The van der Waals surface area contributed by atoms with Crippen LogP contribution in [0.1, 0.15) is 42.6 Å². The van der Waals surface area contributed by atoms with Gasteiger partial charge in [-0.3, -0.25) is 9.80 Å². The van der Waals surface area contributed by atoms with Crippen LogP contribution in [0.2, 0.25) is 0 Å². The Balaban J connectivity index is 1.88. The maximum absolute atomic E-state index is 13.5. The molecule has 4 rings (SSSR count). The number of hydrogen-bond acceptors (Lipinski definition) is 5. The fraction of sp³-hybridized carbons (Fsp3) is 0.375. The highest BCUT2D eigenvalue weighted by molar-refractivity contribution is 5.93. The van der Waals surface area contributed by atoms with Gasteiger partial charge in [-0.15, -0.1) is 0 Å². The highest BCUT2D eigenvalue weighted by Gasteiger charge is 2.43. The van der Waals surface area contributed by atoms with E-state index in [4.69, 9.17) is 4.98 Å². The number of carbonyl (C=O) groups excluding carboxylic acids is 1. The van der Waals surface area contributed by atoms with Crippen LogP contribution in [0.15, 0.2) is 48.6 Å². The van der Waals surface area contributed by atoms with Gasteiger partial charge in [0.1, 0.15) is 17.3 Å². The van der Waals surface area contributed by atoms with E-state index in [0.717, 1.165) is 5.56 Å². The predicted molar refractivity (Wildman–Crippen MR) is 120 cm³/mol. The summed E-state index contributed by atoms with van der Waals surface area (Å²) in [4.78, 5) is 20.3. The average Bonchev–Trinajstić information content (AvgIpc) is 3.18. The van der Waals surface area contributed by atoms with Gasteiger partial charge in [-0.05, 0) is 31.0 Å². The molecule has 3 unspecified atom stereocenters. The van der Waals surface area contributed by atoms with Crippen molar-refractivity contribution in [2.45, 2.75) is 32.0 Å². The second kappa shape index (κ2) is 8.81. The van der Waals surface area contributed by atoms with Crippen LogP contribution in [0.5, 0.6) is 0 Å². The average molecular weight is 452 g/mol. The standard InChI is InChI=1S/C24H26FN5O3/c1-24(15-26)11-4-3-6-18(24)20-27-21-19(30(20)14-16-7-9-17(25)10-8-16)22(32)29(12-5-13-31)23(33)28(21)2/h3-4,6-11,18,22,31-32H,5,12-14H2,1-2H3. The maximum Gasteiger partial charge on any atom is 0.327 e. The van der Waals surface area contributed by atoms with Crippen LogP contribution in [0.4, 0.5) is 15.0 Å². The van der Waals surface area contributed by atoms with E-state index in [1.54, 1.807) is 19.2 Å². The molecule has 1 aromatic heterocycles. The van der Waals surface area contributed by atoms with Gasteiger partial charge in [-0.2, -0.15) is 5.26 Å². The third kappa shape index (κ3) is 3.92. The Hall–Kier alpha value is -3.48. The first kappa shape index (κ1) is 22.7. The summed E-state index contributed by atoms with van der Waals surface area (Å²) in [6.45, 7) is 2.12. The lowest BCUT2D eigenvalue weighted by molar-refractivity contribution is 0.0190. The van der Waals surface area contributed by atoms with Crippen molar-refractivity contribution in [1.82, 2.24) is 14.5 Å². The Morgan fingerprint density at radius 1 is 1.27 bits per heavy atom. The van der Waals surface area contributed by atoms with Gasteiger partial charge in [0, 0.05) is 26.7 Å². The highest BCUT2D eigenvalue weighted by atomic mass is 19.1. The summed E-state index contributed by atoms with van der Waals surface area (Å²) in [6.07, 6.45) is 6.39. The zero-order chi connectivity index (χ0) is 23.8. The van der Waals surface area contributed by atoms with Gasteiger partial charge in [0.25, 0.3) is 0 Å². The number of nitriles is 1. The van der Waals surface area contributed by atoms with Gasteiger partial charge in [-0.25, -0.2) is 14.2 Å². The zero-order valence-corrected chi connectivity index (χ0v) is 18.5. The zero-order valence-electron chi connectivity index (χ0n) is 18.5. The normalized spacial score (nSPS) is 24.2. The van der Waals surface area contributed by atoms with Crippen molar-refractivity contribution in [3.8, 4) is 6.07 Å². The molecular formula is C24H26FN5O3. The molecule has 2 heterocycles. The molecule has 2 N–H and O–H groups in total. The number of aliphatic hydroxyl groups is 2. The molecule has 0 saturated carbocycles. The second-order valence-corrected chi connectivity index (χ2v) is 8.49. The first-order chi connectivity index (χ1) is 15.8. The molecule has 0 spiro atoms. The number of amides is 2. The molecule has 0 fully saturated rings. The Morgan fingerprint density at radius 2 is 2.00 bits per heavy atom. The molecule has 0 saturated heterocycles. The number of anilines is 1. The molecule has 33 heavy (non-hydrogen) atoms. The maximum atomic E-state index is 13.5. The molecule has 2 aromatic rings. The molecule has 172 valence electrons. The lowest BCUT2D eigenvalue weighted by atomic mass is 9.75. The summed E-state index contributed by atoms with van der Waals surface area (Å²) < 4.78 is 15.3. The van der Waals surface area contributed by atoms with Crippen LogP contribution in [0.25, 0.3) is 0 Å². The third-order valence-corrected chi connectivity index (χ3v) is 6.24. The van der Waals surface area contributed by atoms with E-state index < -0.39 is 23.6 Å². The number of aromatic nitrogens is 2. The van der Waals surface area contributed by atoms with Gasteiger partial charge in [-0.1, -0.05) is 36.4 Å². The van der Waals surface area contributed by atoms with E-state index in [2.05, 4.69) is 6.07 Å². The highest BCUT2D eigenvalue weighted by Crippen LogP contribution is 2.44. The SMILES string of the molecule is CN1C(=O)N(CCCO)C(O)c2c1nc(C1C=CC=CC1(C)C#N)n2Cc1ccc(F)cc1. The van der Waals surface area contributed by atoms with Crippen LogP contribution < -0.4 is 4.90 Å². The number of hydrogen-bond donors (Lipinski definition) is 2. The second-order valence-electron chi connectivity index (χ2n) is 8.49. The van der Waals surface area contributed by atoms with Crippen molar-refractivity contribution < 1.29 is 19.4 Å². The van der Waals surface area contributed by atoms with E-state index in [-0.39, 0.29) is 25.5 Å². The smallest absolute Gasteiger partial charge is 0.327 e. The minimum atomic E-state index is -1.28. The molecule has 0 radical (unpaired) electrons. The van der Waals surface area contributed by atoms with Gasteiger partial charge in [0.05, 0.1) is 17.4 Å². The molecule has 1 aliphatic carbocycles. The summed E-state index contributed by atoms with van der Waals surface area (Å²) >= 11 is 0. The van der Waals surface area contributed by atoms with E-state index in [1.165, 1.54) is 21.9 Å². The topological polar surface area (TPSA) is 106 Å². The first-order valence-electron chi connectivity index (χ1n) is 10.8. The van der Waals surface area contributed by atoms with Gasteiger partial charge >= 0.3 is 6.03 Å². The Bertz CT molecular complexity index is 1150. The summed E-state index contributed by atoms with van der Waals surface area (Å²) in [5, 5.41) is 30.4. The van der Waals surface area contributed by atoms with Gasteiger partial charge in [0.2, 0.25) is 0 Å². The first-order valence-corrected chi connectivity index (χ1v) is 10.8. The summed E-state index contributed by atoms with van der Waals surface area (Å²) in [7, 11) is 1.58. The molecule has 2 aliphatic rings. The summed E-state index contributed by atoms with van der Waals surface area (Å²) in [6, 6.07) is 7.95. The van der Waals surface area contributed by atoms with Crippen molar-refractivity contribution in [3.63, 3.8) is 0 Å². The molecule has 2 amide bonds. The Kier molecular flexibility index (Phi) is 6.06. The minimum absolute atomic E-state index is 0.118. The largest absolute Gasteiger partial charge is 0.396 e. The molecule has 1 aromatic carbocycles. The van der Waals surface area contributed by atoms with Gasteiger partial charge in [0.15, 0.2) is 12.0 Å². The summed E-state index contributed by atoms with van der Waals surface area (Å²) in [5.74, 6) is 0.0505. The van der Waals surface area contributed by atoms with Crippen molar-refractivity contribution in [3.05, 3.63) is 71.5 Å². The lowest BCUT2D eigenvalue weighted by Gasteiger charge is -2.37. The van der Waals surface area contributed by atoms with Crippen LogP contribution in [0.3, 0.4) is 0 Å². The number of halogens is 1. The lowest BCUT2D eigenvalue weighted by Crippen LogP contribution is -2.49. The molecule has 3 atom stereocenters. The number of rotatable bonds is 6. The number of carbonyl (C=O) groups is 1. The van der Waals surface area contributed by atoms with Gasteiger partial charge < -0.3 is 14.8 Å². The Labute approximate surface area is 191 Å². The number of allylic oxidation sites excluding steroid dienone is 4. The van der Waals surface area contributed by atoms with E-state index in [9.17, 15) is 24.7 Å². The number of urea groups is 1. The number of aliphatic hydroxyl groups excluding tert-OH is 2. The summed E-state index contributed by atoms with van der Waals surface area (Å²) in [5.41, 5.74) is 0.311. The number of fused-ring (bicyclic) bond motifs is 1. The molecule has 1 aliphatic heterocycles. The number of imidazole rings is 1. The predicted octanol–water partition coefficient (Wildman–Crippen LogP) is 3.06. The van der Waals surface area contributed by atoms with Crippen molar-refractivity contribution in [1.29, 1.82) is 5.26 Å². The van der Waals surface area contributed by atoms with E-state index >= 15 is 0 Å². The van der Waals surface area contributed by atoms with E-state index in [0.29, 0.717) is 23.8 Å². The molecule has 8 nitrogen and oxygen atoms in total. The Morgan fingerprint density at radius 3 is 2.67 bits per heavy atom. The van der Waals surface area contributed by atoms with Crippen LogP contribution in [-0.4, -0.2) is 50.9 Å². The number of nitrogens with zero attached hydrogens (tertiary/aromatic N) is 5. The fourth-order valence-electron chi connectivity index (χ4n) is 4.34. The van der Waals surface area contributed by atoms with Crippen molar-refractivity contribution >= 4 is 11.8 Å².